The maximum Gasteiger partial charge on any atom is 0.127 e. The van der Waals surface area contributed by atoms with Gasteiger partial charge in [0, 0.05) is 5.54 Å². The molecule has 0 aliphatic carbocycles. The summed E-state index contributed by atoms with van der Waals surface area (Å²) in [6.45, 7) is 10.2. The fraction of sp³-hybridized carbons (Fsp3) is 1.00. The van der Waals surface area contributed by atoms with Gasteiger partial charge < -0.3 is 5.11 Å². The first-order valence-corrected chi connectivity index (χ1v) is 4.00. The highest BCUT2D eigenvalue weighted by Crippen LogP contribution is 2.15. The molecule has 0 saturated carbocycles. The topological polar surface area (TPSA) is 32.7 Å². The first-order valence-electron chi connectivity index (χ1n) is 4.00. The van der Waals surface area contributed by atoms with E-state index in [-0.39, 0.29) is 5.54 Å². The standard InChI is InChI=1S/C8H19NO2/c1-6-11-9(7(2)10)8(3,4)5/h7,10H,6H2,1-5H3. The van der Waals surface area contributed by atoms with E-state index >= 15 is 0 Å². The van der Waals surface area contributed by atoms with Crippen molar-refractivity contribution >= 4 is 0 Å². The molecule has 0 aromatic rings. The van der Waals surface area contributed by atoms with Gasteiger partial charge in [0.05, 0.1) is 6.61 Å². The maximum atomic E-state index is 9.28. The first-order chi connectivity index (χ1) is 4.89. The average Bonchev–Trinajstić information content (AvgIpc) is 1.79. The molecule has 0 amide bonds. The number of hydrogen-bond acceptors (Lipinski definition) is 3. The van der Waals surface area contributed by atoms with Crippen LogP contribution >= 0.6 is 0 Å². The molecule has 68 valence electrons. The van der Waals surface area contributed by atoms with E-state index in [4.69, 9.17) is 4.84 Å². The molecule has 1 N–H and O–H groups in total. The van der Waals surface area contributed by atoms with Crippen molar-refractivity contribution in [1.29, 1.82) is 0 Å². The molecule has 0 bridgehead atoms. The molecule has 0 aliphatic heterocycles. The van der Waals surface area contributed by atoms with Crippen molar-refractivity contribution in [3.8, 4) is 0 Å². The minimum Gasteiger partial charge on any atom is -0.377 e. The smallest absolute Gasteiger partial charge is 0.127 e. The molecule has 0 spiro atoms. The number of hydroxylamine groups is 2. The Bertz CT molecular complexity index is 107. The second kappa shape index (κ2) is 4.04. The summed E-state index contributed by atoms with van der Waals surface area (Å²) >= 11 is 0. The highest BCUT2D eigenvalue weighted by Gasteiger charge is 2.25. The molecule has 3 nitrogen and oxygen atoms in total. The van der Waals surface area contributed by atoms with Crippen LogP contribution in [0.4, 0.5) is 0 Å². The molecule has 3 heteroatoms. The molecule has 0 heterocycles. The van der Waals surface area contributed by atoms with Gasteiger partial charge in [0.2, 0.25) is 0 Å². The summed E-state index contributed by atoms with van der Waals surface area (Å²) in [4.78, 5) is 5.25. The molecule has 0 aromatic carbocycles. The zero-order chi connectivity index (χ0) is 9.07. The van der Waals surface area contributed by atoms with Crippen molar-refractivity contribution in [2.24, 2.45) is 0 Å². The van der Waals surface area contributed by atoms with Crippen molar-refractivity contribution in [2.45, 2.75) is 46.4 Å². The van der Waals surface area contributed by atoms with E-state index in [9.17, 15) is 5.11 Å². The van der Waals surface area contributed by atoms with Crippen LogP contribution in [0.25, 0.3) is 0 Å². The zero-order valence-corrected chi connectivity index (χ0v) is 8.09. The minimum atomic E-state index is -0.560. The van der Waals surface area contributed by atoms with Gasteiger partial charge in [-0.3, -0.25) is 4.84 Å². The lowest BCUT2D eigenvalue weighted by molar-refractivity contribution is -0.273. The number of rotatable bonds is 3. The van der Waals surface area contributed by atoms with E-state index < -0.39 is 6.23 Å². The summed E-state index contributed by atoms with van der Waals surface area (Å²) in [7, 11) is 0. The summed E-state index contributed by atoms with van der Waals surface area (Å²) in [5, 5.41) is 10.9. The lowest BCUT2D eigenvalue weighted by atomic mass is 10.1. The number of aliphatic hydroxyl groups excluding tert-OH is 1. The normalized spacial score (nSPS) is 15.5. The van der Waals surface area contributed by atoms with Gasteiger partial charge in [-0.2, -0.15) is 5.06 Å². The summed E-state index contributed by atoms with van der Waals surface area (Å²) in [6.07, 6.45) is -0.560. The summed E-state index contributed by atoms with van der Waals surface area (Å²) < 4.78 is 0. The molecule has 0 saturated heterocycles. The third-order valence-corrected chi connectivity index (χ3v) is 1.27. The lowest BCUT2D eigenvalue weighted by Crippen LogP contribution is -2.46. The maximum absolute atomic E-state index is 9.28. The van der Waals surface area contributed by atoms with Gasteiger partial charge in [-0.1, -0.05) is 0 Å². The van der Waals surface area contributed by atoms with Crippen LogP contribution < -0.4 is 0 Å². The van der Waals surface area contributed by atoms with Crippen molar-refractivity contribution in [1.82, 2.24) is 5.06 Å². The molecule has 0 radical (unpaired) electrons. The number of hydrogen-bond donors (Lipinski definition) is 1. The quantitative estimate of drug-likeness (QED) is 0.501. The Morgan fingerprint density at radius 3 is 2.00 bits per heavy atom. The Kier molecular flexibility index (Phi) is 4.00. The van der Waals surface area contributed by atoms with Gasteiger partial charge >= 0.3 is 0 Å². The fourth-order valence-corrected chi connectivity index (χ4v) is 1.00. The van der Waals surface area contributed by atoms with E-state index in [0.717, 1.165) is 0 Å². The summed E-state index contributed by atoms with van der Waals surface area (Å²) in [5.41, 5.74) is -0.149. The average molecular weight is 161 g/mol. The predicted octanol–water partition coefficient (Wildman–Crippen LogP) is 1.38. The molecule has 1 atom stereocenters. The van der Waals surface area contributed by atoms with E-state index in [2.05, 4.69) is 0 Å². The zero-order valence-electron chi connectivity index (χ0n) is 8.09. The molecular weight excluding hydrogens is 142 g/mol. The molecule has 11 heavy (non-hydrogen) atoms. The third kappa shape index (κ3) is 3.70. The lowest BCUT2D eigenvalue weighted by Gasteiger charge is -2.35. The summed E-state index contributed by atoms with van der Waals surface area (Å²) in [6, 6.07) is 0. The van der Waals surface area contributed by atoms with Crippen molar-refractivity contribution in [3.63, 3.8) is 0 Å². The van der Waals surface area contributed by atoms with Gasteiger partial charge in [-0.15, -0.1) is 0 Å². The molecular formula is C8H19NO2. The highest BCUT2D eigenvalue weighted by molar-refractivity contribution is 4.69. The Labute approximate surface area is 68.9 Å². The van der Waals surface area contributed by atoms with Gasteiger partial charge in [0.25, 0.3) is 0 Å². The second-order valence-electron chi connectivity index (χ2n) is 3.55. The van der Waals surface area contributed by atoms with E-state index in [1.54, 1.807) is 12.0 Å². The SMILES string of the molecule is CCON(C(C)O)C(C)(C)C. The van der Waals surface area contributed by atoms with Gasteiger partial charge in [0.1, 0.15) is 6.23 Å². The first kappa shape index (κ1) is 10.9. The molecule has 0 rings (SSSR count). The molecule has 0 aromatic heterocycles. The van der Waals surface area contributed by atoms with Crippen LogP contribution in [0.1, 0.15) is 34.6 Å². The highest BCUT2D eigenvalue weighted by atomic mass is 16.7. The van der Waals surface area contributed by atoms with Crippen LogP contribution in [0, 0.1) is 0 Å². The molecule has 1 unspecified atom stereocenters. The summed E-state index contributed by atoms with van der Waals surface area (Å²) in [5.74, 6) is 0. The van der Waals surface area contributed by atoms with Crippen LogP contribution in [0.15, 0.2) is 0 Å². The van der Waals surface area contributed by atoms with Gasteiger partial charge in [-0.25, -0.2) is 0 Å². The minimum absolute atomic E-state index is 0.149. The third-order valence-electron chi connectivity index (χ3n) is 1.27. The Balaban J connectivity index is 4.10. The van der Waals surface area contributed by atoms with Crippen LogP contribution in [-0.2, 0) is 4.84 Å². The molecule has 0 aliphatic rings. The van der Waals surface area contributed by atoms with Crippen LogP contribution in [0.2, 0.25) is 0 Å². The van der Waals surface area contributed by atoms with Crippen LogP contribution in [0.3, 0.4) is 0 Å². The van der Waals surface area contributed by atoms with Gasteiger partial charge in [0.15, 0.2) is 0 Å². The predicted molar refractivity (Wildman–Crippen MR) is 44.9 cm³/mol. The largest absolute Gasteiger partial charge is 0.377 e. The van der Waals surface area contributed by atoms with E-state index in [0.29, 0.717) is 6.61 Å². The molecule has 0 fully saturated rings. The van der Waals surface area contributed by atoms with Crippen LogP contribution in [-0.4, -0.2) is 28.5 Å². The van der Waals surface area contributed by atoms with Crippen LogP contribution in [0.5, 0.6) is 0 Å². The number of nitrogens with zero attached hydrogens (tertiary/aromatic N) is 1. The Morgan fingerprint density at radius 2 is 1.91 bits per heavy atom. The number of aliphatic hydroxyl groups is 1. The van der Waals surface area contributed by atoms with Crippen molar-refractivity contribution in [3.05, 3.63) is 0 Å². The van der Waals surface area contributed by atoms with Crippen molar-refractivity contribution < 1.29 is 9.94 Å². The second-order valence-corrected chi connectivity index (χ2v) is 3.55. The van der Waals surface area contributed by atoms with Crippen molar-refractivity contribution in [2.75, 3.05) is 6.61 Å². The monoisotopic (exact) mass is 161 g/mol. The fourth-order valence-electron chi connectivity index (χ4n) is 1.00. The van der Waals surface area contributed by atoms with E-state index in [1.165, 1.54) is 0 Å². The Hall–Kier alpha value is -0.120. The van der Waals surface area contributed by atoms with E-state index in [1.807, 2.05) is 27.7 Å². The van der Waals surface area contributed by atoms with Gasteiger partial charge in [-0.05, 0) is 34.6 Å². The Morgan fingerprint density at radius 1 is 1.45 bits per heavy atom.